The van der Waals surface area contributed by atoms with Crippen molar-refractivity contribution in [2.75, 3.05) is 7.05 Å². The summed E-state index contributed by atoms with van der Waals surface area (Å²) in [6.07, 6.45) is 10.3. The van der Waals surface area contributed by atoms with Gasteiger partial charge in [0.25, 0.3) is 0 Å². The Morgan fingerprint density at radius 2 is 1.74 bits per heavy atom. The van der Waals surface area contributed by atoms with Crippen molar-refractivity contribution in [3.05, 3.63) is 42.5 Å². The van der Waals surface area contributed by atoms with Crippen molar-refractivity contribution in [2.45, 2.75) is 69.4 Å². The van der Waals surface area contributed by atoms with Crippen molar-refractivity contribution in [1.29, 1.82) is 0 Å². The Bertz CT molecular complexity index is 1010. The van der Waals surface area contributed by atoms with Gasteiger partial charge in [0.1, 0.15) is 0 Å². The molecule has 1 amide bonds. The smallest absolute Gasteiger partial charge is 0.246 e. The minimum atomic E-state index is -3.51. The Balaban J connectivity index is 1.40. The Hall–Kier alpha value is -1.66. The predicted octanol–water partition coefficient (Wildman–Crippen LogP) is 3.97. The Morgan fingerprint density at radius 3 is 2.48 bits per heavy atom. The molecule has 0 bridgehead atoms. The van der Waals surface area contributed by atoms with Gasteiger partial charge in [-0.1, -0.05) is 38.1 Å². The molecule has 4 aliphatic rings. The highest BCUT2D eigenvalue weighted by Gasteiger charge is 2.60. The zero-order valence-corrected chi connectivity index (χ0v) is 19.6. The second kappa shape index (κ2) is 7.17. The summed E-state index contributed by atoms with van der Waals surface area (Å²) < 4.78 is 29.2. The molecule has 1 N–H and O–H groups in total. The average molecular weight is 443 g/mol. The van der Waals surface area contributed by atoms with Gasteiger partial charge in [0.15, 0.2) is 0 Å². The van der Waals surface area contributed by atoms with E-state index in [4.69, 9.17) is 0 Å². The molecular weight excluding hydrogens is 408 g/mol. The van der Waals surface area contributed by atoms with E-state index in [1.807, 2.05) is 18.0 Å². The summed E-state index contributed by atoms with van der Waals surface area (Å²) in [4.78, 5) is 14.6. The molecule has 7 atom stereocenters. The van der Waals surface area contributed by atoms with Crippen LogP contribution >= 0.6 is 0 Å². The van der Waals surface area contributed by atoms with Crippen LogP contribution in [0.5, 0.6) is 0 Å². The highest BCUT2D eigenvalue weighted by molar-refractivity contribution is 7.89. The number of benzene rings is 1. The van der Waals surface area contributed by atoms with Crippen molar-refractivity contribution in [1.82, 2.24) is 9.62 Å². The van der Waals surface area contributed by atoms with Gasteiger partial charge in [-0.2, -0.15) is 0 Å². The van der Waals surface area contributed by atoms with E-state index >= 15 is 0 Å². The third-order valence-corrected chi connectivity index (χ3v) is 11.0. The van der Waals surface area contributed by atoms with Crippen LogP contribution in [0.2, 0.25) is 0 Å². The second-order valence-electron chi connectivity index (χ2n) is 10.7. The van der Waals surface area contributed by atoms with E-state index in [1.165, 1.54) is 0 Å². The number of carbonyl (C=O) groups excluding carboxylic acids is 1. The van der Waals surface area contributed by atoms with Crippen LogP contribution in [0.15, 0.2) is 47.4 Å². The van der Waals surface area contributed by atoms with Crippen molar-refractivity contribution in [3.8, 4) is 0 Å². The summed E-state index contributed by atoms with van der Waals surface area (Å²) in [5, 5.41) is 0. The molecule has 0 radical (unpaired) electrons. The van der Waals surface area contributed by atoms with E-state index in [0.717, 1.165) is 38.5 Å². The zero-order chi connectivity index (χ0) is 22.0. The summed E-state index contributed by atoms with van der Waals surface area (Å²) in [5.74, 6) is 1.81. The summed E-state index contributed by atoms with van der Waals surface area (Å²) in [5.41, 5.74) is 0.0147. The first-order valence-corrected chi connectivity index (χ1v) is 13.2. The minimum absolute atomic E-state index is 0.00762. The van der Waals surface area contributed by atoms with Crippen molar-refractivity contribution < 1.29 is 13.2 Å². The third kappa shape index (κ3) is 3.12. The van der Waals surface area contributed by atoms with E-state index in [2.05, 4.69) is 24.6 Å². The molecule has 0 saturated heterocycles. The SMILES string of the molecule is CN1C(=O)C=C[C@]2(C)[C@H]3CC[C@]4(C)[C@@H](NS(=O)(=O)c5ccccc5)CC[C@H]4[C@@H]3CC[C@@H]12. The number of fused-ring (bicyclic) bond motifs is 5. The molecule has 6 heteroatoms. The number of carbonyl (C=O) groups is 1. The summed E-state index contributed by atoms with van der Waals surface area (Å²) >= 11 is 0. The van der Waals surface area contributed by atoms with Crippen molar-refractivity contribution >= 4 is 15.9 Å². The molecule has 3 aliphatic carbocycles. The lowest BCUT2D eigenvalue weighted by molar-refractivity contribution is -0.138. The monoisotopic (exact) mass is 442 g/mol. The number of sulfonamides is 1. The first-order valence-electron chi connectivity index (χ1n) is 11.7. The number of likely N-dealkylation sites (N-methyl/N-ethyl adjacent to an activating group) is 1. The number of hydrogen-bond acceptors (Lipinski definition) is 3. The lowest BCUT2D eigenvalue weighted by atomic mass is 9.48. The lowest BCUT2D eigenvalue weighted by Gasteiger charge is -2.60. The van der Waals surface area contributed by atoms with E-state index in [9.17, 15) is 13.2 Å². The summed E-state index contributed by atoms with van der Waals surface area (Å²) in [6.45, 7) is 4.67. The van der Waals surface area contributed by atoms with E-state index in [0.29, 0.717) is 22.6 Å². The van der Waals surface area contributed by atoms with Crippen LogP contribution in [0.25, 0.3) is 0 Å². The molecule has 1 aromatic carbocycles. The van der Waals surface area contributed by atoms with Crippen LogP contribution in [0, 0.1) is 28.6 Å². The van der Waals surface area contributed by atoms with Gasteiger partial charge in [-0.05, 0) is 79.9 Å². The molecule has 1 heterocycles. The molecule has 1 aromatic rings. The fourth-order valence-corrected chi connectivity index (χ4v) is 9.20. The van der Waals surface area contributed by atoms with Crippen LogP contribution in [-0.4, -0.2) is 38.4 Å². The maximum absolute atomic E-state index is 13.0. The van der Waals surface area contributed by atoms with Crippen LogP contribution in [-0.2, 0) is 14.8 Å². The first-order chi connectivity index (χ1) is 14.7. The van der Waals surface area contributed by atoms with Gasteiger partial charge in [-0.15, -0.1) is 0 Å². The number of nitrogens with zero attached hydrogens (tertiary/aromatic N) is 1. The molecule has 31 heavy (non-hydrogen) atoms. The Labute approximate surface area is 186 Å². The van der Waals surface area contributed by atoms with E-state index in [1.54, 1.807) is 30.3 Å². The summed E-state index contributed by atoms with van der Waals surface area (Å²) in [7, 11) is -1.56. The van der Waals surface area contributed by atoms with Gasteiger partial charge < -0.3 is 4.90 Å². The Morgan fingerprint density at radius 1 is 1.00 bits per heavy atom. The van der Waals surface area contributed by atoms with Crippen molar-refractivity contribution in [2.24, 2.45) is 28.6 Å². The van der Waals surface area contributed by atoms with Gasteiger partial charge >= 0.3 is 0 Å². The summed E-state index contributed by atoms with van der Waals surface area (Å²) in [6, 6.07) is 9.00. The molecule has 1 aliphatic heterocycles. The molecule has 168 valence electrons. The fraction of sp³-hybridized carbons (Fsp3) is 0.640. The largest absolute Gasteiger partial charge is 0.338 e. The second-order valence-corrected chi connectivity index (χ2v) is 12.4. The minimum Gasteiger partial charge on any atom is -0.338 e. The number of amides is 1. The lowest BCUT2D eigenvalue weighted by Crippen LogP contribution is -2.60. The van der Waals surface area contributed by atoms with E-state index < -0.39 is 10.0 Å². The predicted molar refractivity (Wildman–Crippen MR) is 121 cm³/mol. The highest BCUT2D eigenvalue weighted by Crippen LogP contribution is 2.64. The molecule has 3 saturated carbocycles. The topological polar surface area (TPSA) is 66.5 Å². The standard InChI is InChI=1S/C25H34N2O3S/c1-24-15-13-20-18(9-12-22-25(20,2)16-14-23(28)27(22)3)19(24)10-11-21(24)26-31(29,30)17-7-5-4-6-8-17/h4-8,14,16,18-22,26H,9-13,15H2,1-3H3/t18-,19-,20-,21-,22+,24-,25+/m0/s1. The molecular formula is C25H34N2O3S. The number of nitrogens with one attached hydrogen (secondary N) is 1. The highest BCUT2D eigenvalue weighted by atomic mass is 32.2. The normalized spacial score (nSPS) is 42.1. The fourth-order valence-electron chi connectivity index (χ4n) is 7.79. The van der Waals surface area contributed by atoms with Crippen LogP contribution < -0.4 is 4.72 Å². The van der Waals surface area contributed by atoms with Gasteiger partial charge in [-0.25, -0.2) is 13.1 Å². The molecule has 0 spiro atoms. The maximum atomic E-state index is 13.0. The van der Waals surface area contributed by atoms with Gasteiger partial charge in [0, 0.05) is 24.5 Å². The number of hydrogen-bond donors (Lipinski definition) is 1. The molecule has 0 aromatic heterocycles. The van der Waals surface area contributed by atoms with Crippen LogP contribution in [0.3, 0.4) is 0 Å². The van der Waals surface area contributed by atoms with E-state index in [-0.39, 0.29) is 28.8 Å². The van der Waals surface area contributed by atoms with Crippen LogP contribution in [0.4, 0.5) is 0 Å². The van der Waals surface area contributed by atoms with Gasteiger partial charge in [-0.3, -0.25) is 4.79 Å². The van der Waals surface area contributed by atoms with Crippen LogP contribution in [0.1, 0.15) is 52.4 Å². The first kappa shape index (κ1) is 21.2. The maximum Gasteiger partial charge on any atom is 0.246 e. The van der Waals surface area contributed by atoms with Crippen molar-refractivity contribution in [3.63, 3.8) is 0 Å². The quantitative estimate of drug-likeness (QED) is 0.770. The molecule has 0 unspecified atom stereocenters. The average Bonchev–Trinajstić information content (AvgIpc) is 3.07. The molecule has 3 fully saturated rings. The zero-order valence-electron chi connectivity index (χ0n) is 18.8. The molecule has 5 nitrogen and oxygen atoms in total. The Kier molecular flexibility index (Phi) is 4.91. The number of rotatable bonds is 3. The third-order valence-electron chi connectivity index (χ3n) is 9.48. The molecule has 5 rings (SSSR count). The van der Waals surface area contributed by atoms with Gasteiger partial charge in [0.2, 0.25) is 15.9 Å². The van der Waals surface area contributed by atoms with Gasteiger partial charge in [0.05, 0.1) is 4.90 Å².